The normalized spacial score (nSPS) is 13.2. The summed E-state index contributed by atoms with van der Waals surface area (Å²) >= 11 is 0. The maximum Gasteiger partial charge on any atom is 0.130 e. The quantitative estimate of drug-likeness (QED) is 0.733. The van der Waals surface area contributed by atoms with Gasteiger partial charge in [-0.05, 0) is 30.9 Å². The highest BCUT2D eigenvalue weighted by molar-refractivity contribution is 5.19. The highest BCUT2D eigenvalue weighted by Crippen LogP contribution is 2.16. The predicted molar refractivity (Wildman–Crippen MR) is 79.1 cm³/mol. The van der Waals surface area contributed by atoms with Crippen molar-refractivity contribution in [3.63, 3.8) is 0 Å². The molecule has 3 heteroatoms. The molecule has 19 heavy (non-hydrogen) atoms. The average Bonchev–Trinajstić information content (AvgIpc) is 2.67. The molecule has 0 aliphatic rings. The van der Waals surface area contributed by atoms with E-state index in [1.807, 2.05) is 0 Å². The molecule has 1 atom stereocenters. The van der Waals surface area contributed by atoms with Crippen molar-refractivity contribution in [2.24, 2.45) is 5.92 Å². The molecular formula is C16H29NO2. The third-order valence-electron chi connectivity index (χ3n) is 3.17. The topological polar surface area (TPSA) is 34.4 Å². The van der Waals surface area contributed by atoms with Crippen molar-refractivity contribution >= 4 is 0 Å². The van der Waals surface area contributed by atoms with E-state index < -0.39 is 0 Å². The zero-order valence-corrected chi connectivity index (χ0v) is 13.1. The number of nitrogens with one attached hydrogen (secondary N) is 1. The van der Waals surface area contributed by atoms with E-state index in [2.05, 4.69) is 46.0 Å². The van der Waals surface area contributed by atoms with E-state index in [9.17, 15) is 0 Å². The van der Waals surface area contributed by atoms with Crippen LogP contribution in [0.4, 0.5) is 0 Å². The van der Waals surface area contributed by atoms with Crippen LogP contribution in [-0.4, -0.2) is 12.6 Å². The summed E-state index contributed by atoms with van der Waals surface area (Å²) in [4.78, 5) is 0. The zero-order valence-electron chi connectivity index (χ0n) is 13.1. The Morgan fingerprint density at radius 3 is 2.68 bits per heavy atom. The van der Waals surface area contributed by atoms with Gasteiger partial charge in [-0.3, -0.25) is 0 Å². The molecule has 1 aromatic heterocycles. The van der Waals surface area contributed by atoms with Gasteiger partial charge in [-0.2, -0.15) is 0 Å². The van der Waals surface area contributed by atoms with Crippen molar-refractivity contribution < 1.29 is 9.15 Å². The molecule has 0 aliphatic carbocycles. The fourth-order valence-electron chi connectivity index (χ4n) is 2.07. The second-order valence-corrected chi connectivity index (χ2v) is 5.76. The fraction of sp³-hybridized carbons (Fsp3) is 0.750. The molecule has 110 valence electrons. The van der Waals surface area contributed by atoms with Crippen molar-refractivity contribution in [1.82, 2.24) is 5.32 Å². The first-order valence-electron chi connectivity index (χ1n) is 7.42. The highest BCUT2D eigenvalue weighted by atomic mass is 16.5. The molecule has 0 aliphatic heterocycles. The average molecular weight is 267 g/mol. The van der Waals surface area contributed by atoms with E-state index >= 15 is 0 Å². The molecule has 0 fully saturated rings. The largest absolute Gasteiger partial charge is 0.462 e. The predicted octanol–water partition coefficient (Wildman–Crippen LogP) is 4.04. The molecule has 0 bridgehead atoms. The zero-order chi connectivity index (χ0) is 14.3. The molecule has 0 spiro atoms. The van der Waals surface area contributed by atoms with Crippen LogP contribution >= 0.6 is 0 Å². The van der Waals surface area contributed by atoms with Gasteiger partial charge >= 0.3 is 0 Å². The summed E-state index contributed by atoms with van der Waals surface area (Å²) in [5.74, 6) is 2.58. The third-order valence-corrected chi connectivity index (χ3v) is 3.17. The lowest BCUT2D eigenvalue weighted by molar-refractivity contribution is 0.0768. The first kappa shape index (κ1) is 16.3. The molecule has 0 aromatic carbocycles. The van der Waals surface area contributed by atoms with Gasteiger partial charge in [0.2, 0.25) is 0 Å². The minimum absolute atomic E-state index is 0.471. The van der Waals surface area contributed by atoms with Crippen LogP contribution in [0.15, 0.2) is 10.5 Å². The number of hydrogen-bond donors (Lipinski definition) is 1. The van der Waals surface area contributed by atoms with E-state index in [4.69, 9.17) is 9.15 Å². The van der Waals surface area contributed by atoms with Gasteiger partial charge < -0.3 is 14.5 Å². The molecule has 1 aromatic rings. The molecular weight excluding hydrogens is 238 g/mol. The fourth-order valence-corrected chi connectivity index (χ4v) is 2.07. The molecule has 0 saturated carbocycles. The van der Waals surface area contributed by atoms with E-state index in [-0.39, 0.29) is 0 Å². The van der Waals surface area contributed by atoms with Crippen LogP contribution in [0.1, 0.15) is 57.6 Å². The van der Waals surface area contributed by atoms with Crippen LogP contribution in [0, 0.1) is 12.8 Å². The number of rotatable bonds is 9. The van der Waals surface area contributed by atoms with Crippen LogP contribution in [0.2, 0.25) is 0 Å². The van der Waals surface area contributed by atoms with Gasteiger partial charge in [0.1, 0.15) is 18.1 Å². The summed E-state index contributed by atoms with van der Waals surface area (Å²) in [5, 5.41) is 3.37. The molecule has 3 nitrogen and oxygen atoms in total. The van der Waals surface area contributed by atoms with Crippen molar-refractivity contribution in [3.05, 3.63) is 23.2 Å². The van der Waals surface area contributed by atoms with Gasteiger partial charge in [0.15, 0.2) is 0 Å². The molecule has 0 saturated heterocycles. The van der Waals surface area contributed by atoms with Crippen molar-refractivity contribution in [2.75, 3.05) is 6.61 Å². The minimum Gasteiger partial charge on any atom is -0.462 e. The summed E-state index contributed by atoms with van der Waals surface area (Å²) in [6.07, 6.45) is 2.44. The Labute approximate surface area is 117 Å². The van der Waals surface area contributed by atoms with Crippen molar-refractivity contribution in [1.29, 1.82) is 0 Å². The SMILES string of the molecule is CCCC(C)COCc1cc(C)c(CNC(C)C)o1. The summed E-state index contributed by atoms with van der Waals surface area (Å²) in [5.41, 5.74) is 1.20. The first-order chi connectivity index (χ1) is 9.02. The summed E-state index contributed by atoms with van der Waals surface area (Å²) < 4.78 is 11.5. The second-order valence-electron chi connectivity index (χ2n) is 5.76. The lowest BCUT2D eigenvalue weighted by Crippen LogP contribution is -2.21. The monoisotopic (exact) mass is 267 g/mol. The van der Waals surface area contributed by atoms with Crippen molar-refractivity contribution in [3.8, 4) is 0 Å². The Kier molecular flexibility index (Phi) is 7.17. The van der Waals surface area contributed by atoms with E-state index in [0.717, 1.165) is 24.7 Å². The third kappa shape index (κ3) is 6.26. The molecule has 1 rings (SSSR count). The minimum atomic E-state index is 0.471. The molecule has 0 radical (unpaired) electrons. The maximum atomic E-state index is 5.82. The highest BCUT2D eigenvalue weighted by Gasteiger charge is 2.09. The van der Waals surface area contributed by atoms with Gasteiger partial charge in [0, 0.05) is 12.6 Å². The number of ether oxygens (including phenoxy) is 1. The van der Waals surface area contributed by atoms with Crippen LogP contribution < -0.4 is 5.32 Å². The van der Waals surface area contributed by atoms with E-state index in [0.29, 0.717) is 18.6 Å². The van der Waals surface area contributed by atoms with Gasteiger partial charge in [0.25, 0.3) is 0 Å². The maximum absolute atomic E-state index is 5.82. The van der Waals surface area contributed by atoms with Gasteiger partial charge in [-0.1, -0.05) is 34.1 Å². The molecule has 1 heterocycles. The number of aryl methyl sites for hydroxylation is 1. The Morgan fingerprint density at radius 2 is 2.05 bits per heavy atom. The van der Waals surface area contributed by atoms with Crippen molar-refractivity contribution in [2.45, 2.75) is 66.7 Å². The van der Waals surface area contributed by atoms with E-state index in [1.54, 1.807) is 0 Å². The Bertz CT molecular complexity index is 358. The van der Waals surface area contributed by atoms with Gasteiger partial charge in [-0.25, -0.2) is 0 Å². The van der Waals surface area contributed by atoms with Gasteiger partial charge in [0.05, 0.1) is 6.54 Å². The molecule has 0 amide bonds. The lowest BCUT2D eigenvalue weighted by atomic mass is 10.1. The summed E-state index contributed by atoms with van der Waals surface area (Å²) in [6, 6.07) is 2.56. The van der Waals surface area contributed by atoms with Crippen LogP contribution in [0.25, 0.3) is 0 Å². The summed E-state index contributed by atoms with van der Waals surface area (Å²) in [6.45, 7) is 13.0. The van der Waals surface area contributed by atoms with Crippen LogP contribution in [0.3, 0.4) is 0 Å². The van der Waals surface area contributed by atoms with Gasteiger partial charge in [-0.15, -0.1) is 0 Å². The van der Waals surface area contributed by atoms with E-state index in [1.165, 1.54) is 18.4 Å². The first-order valence-corrected chi connectivity index (χ1v) is 7.42. The van der Waals surface area contributed by atoms with Crippen LogP contribution in [-0.2, 0) is 17.9 Å². The second kappa shape index (κ2) is 8.39. The standard InChI is InChI=1S/C16H29NO2/c1-6-7-13(4)10-18-11-15-8-14(5)16(19-15)9-17-12(2)3/h8,12-13,17H,6-7,9-11H2,1-5H3. The smallest absolute Gasteiger partial charge is 0.130 e. The number of hydrogen-bond acceptors (Lipinski definition) is 3. The Balaban J connectivity index is 2.36. The van der Waals surface area contributed by atoms with Crippen LogP contribution in [0.5, 0.6) is 0 Å². The Hall–Kier alpha value is -0.800. The Morgan fingerprint density at radius 1 is 1.32 bits per heavy atom. The molecule has 1 unspecified atom stereocenters. The lowest BCUT2D eigenvalue weighted by Gasteiger charge is -2.09. The number of furan rings is 1. The summed E-state index contributed by atoms with van der Waals surface area (Å²) in [7, 11) is 0. The molecule has 1 N–H and O–H groups in total.